The van der Waals surface area contributed by atoms with E-state index in [9.17, 15) is 14.5 Å². The van der Waals surface area contributed by atoms with Crippen molar-refractivity contribution in [3.05, 3.63) is 63.2 Å². The van der Waals surface area contributed by atoms with E-state index in [1.807, 2.05) is 23.1 Å². The van der Waals surface area contributed by atoms with Crippen molar-refractivity contribution < 1.29 is 9.59 Å². The molecule has 0 saturated heterocycles. The van der Waals surface area contributed by atoms with E-state index in [-0.39, 0.29) is 24.5 Å². The molecule has 3 aliphatic rings. The van der Waals surface area contributed by atoms with Crippen molar-refractivity contribution in [1.29, 1.82) is 0 Å². The first-order chi connectivity index (χ1) is 16.5. The minimum Gasteiger partial charge on any atom is -0.339 e. The number of allylic oxidation sites excluding steroid dienone is 5. The maximum absolute atomic E-state index is 13.3. The van der Waals surface area contributed by atoms with E-state index in [2.05, 4.69) is 46.8 Å². The molecule has 9 heteroatoms. The number of rotatable bonds is 9. The van der Waals surface area contributed by atoms with Gasteiger partial charge >= 0.3 is 0 Å². The van der Waals surface area contributed by atoms with E-state index in [1.165, 1.54) is 11.1 Å². The van der Waals surface area contributed by atoms with Crippen LogP contribution in [0.4, 0.5) is 0 Å². The molecule has 0 aromatic heterocycles. The lowest BCUT2D eigenvalue weighted by atomic mass is 9.84. The lowest BCUT2D eigenvalue weighted by Gasteiger charge is -2.27. The third kappa shape index (κ3) is 6.44. The molecule has 2 atom stereocenters. The molecule has 0 spiro atoms. The molecule has 0 aromatic rings. The molecule has 1 aliphatic heterocycles. The average molecular weight is 467 g/mol. The van der Waals surface area contributed by atoms with Gasteiger partial charge in [0.1, 0.15) is 6.17 Å². The van der Waals surface area contributed by atoms with Crippen molar-refractivity contribution in [2.45, 2.75) is 71.0 Å². The summed E-state index contributed by atoms with van der Waals surface area (Å²) in [7, 11) is 0. The number of nitrogens with zero attached hydrogens (tertiary/aromatic N) is 4. The molecular formula is C25H34N6O3. The Morgan fingerprint density at radius 2 is 1.79 bits per heavy atom. The zero-order valence-electron chi connectivity index (χ0n) is 20.0. The first kappa shape index (κ1) is 25.4. The van der Waals surface area contributed by atoms with Crippen molar-refractivity contribution >= 4 is 11.8 Å². The molecule has 9 nitrogen and oxygen atoms in total. The summed E-state index contributed by atoms with van der Waals surface area (Å²) < 4.78 is 0. The molecule has 0 radical (unpaired) electrons. The van der Waals surface area contributed by atoms with Crippen LogP contribution in [0.3, 0.4) is 0 Å². The van der Waals surface area contributed by atoms with Gasteiger partial charge in [0.15, 0.2) is 0 Å². The van der Waals surface area contributed by atoms with Gasteiger partial charge in [-0.2, -0.15) is 5.11 Å². The van der Waals surface area contributed by atoms with E-state index in [0.29, 0.717) is 6.42 Å². The Kier molecular flexibility index (Phi) is 9.21. The second kappa shape index (κ2) is 12.3. The summed E-state index contributed by atoms with van der Waals surface area (Å²) in [4.78, 5) is 36.9. The number of nitrogens with one attached hydrogen (secondary N) is 1. The van der Waals surface area contributed by atoms with E-state index in [1.54, 1.807) is 0 Å². The van der Waals surface area contributed by atoms with E-state index < -0.39 is 5.91 Å². The summed E-state index contributed by atoms with van der Waals surface area (Å²) in [6.07, 6.45) is 14.3. The third-order valence-corrected chi connectivity index (χ3v) is 6.33. The molecule has 0 fully saturated rings. The predicted octanol–water partition coefficient (Wildman–Crippen LogP) is 4.16. The van der Waals surface area contributed by atoms with Gasteiger partial charge in [-0.3, -0.25) is 14.9 Å². The van der Waals surface area contributed by atoms with Gasteiger partial charge in [-0.25, -0.2) is 0 Å². The largest absolute Gasteiger partial charge is 0.339 e. The van der Waals surface area contributed by atoms with Crippen LogP contribution in [0.5, 0.6) is 0 Å². The fraction of sp³-hybridized carbons (Fsp3) is 0.520. The second-order valence-corrected chi connectivity index (χ2v) is 8.87. The molecule has 3 rings (SSSR count). The van der Waals surface area contributed by atoms with Gasteiger partial charge in [0, 0.05) is 36.3 Å². The highest BCUT2D eigenvalue weighted by atomic mass is 16.3. The van der Waals surface area contributed by atoms with Crippen molar-refractivity contribution in [1.82, 2.24) is 10.2 Å². The smallest absolute Gasteiger partial charge is 0.290 e. The Hall–Kier alpha value is -3.20. The highest BCUT2D eigenvalue weighted by molar-refractivity contribution is 5.94. The summed E-state index contributed by atoms with van der Waals surface area (Å²) in [6.45, 7) is 5.60. The van der Waals surface area contributed by atoms with Crippen LogP contribution in [0.25, 0.3) is 0 Å². The standard InChI is InChI=1S/C25H34N6O3/c1-3-11-31(12-4-2)25(33)21-14-20-10-9-19(15-22(20)27-23(16-21)28-30-26)18-7-5-17(6-8-18)13-24(32)29-34/h5,7,9-10,14,22-23,27H,3-4,6,8,11-13,15-16H2,1-2H3,(H2,26,28). The van der Waals surface area contributed by atoms with Crippen LogP contribution in [0.2, 0.25) is 0 Å². The number of nitroso groups, excluding NO2 is 1. The molecular weight excluding hydrogens is 432 g/mol. The summed E-state index contributed by atoms with van der Waals surface area (Å²) in [6, 6.07) is -0.0151. The van der Waals surface area contributed by atoms with Crippen molar-refractivity contribution in [3.63, 3.8) is 0 Å². The number of carbonyl (C=O) groups is 2. The number of amides is 2. The highest BCUT2D eigenvalue weighted by Crippen LogP contribution is 2.34. The Morgan fingerprint density at radius 1 is 1.06 bits per heavy atom. The van der Waals surface area contributed by atoms with Crippen LogP contribution in [0, 0.1) is 4.91 Å². The second-order valence-electron chi connectivity index (χ2n) is 8.87. The number of hydrogen-bond acceptors (Lipinski definition) is 6. The molecule has 0 aromatic carbocycles. The van der Waals surface area contributed by atoms with E-state index in [0.717, 1.165) is 61.9 Å². The zero-order chi connectivity index (χ0) is 24.5. The molecule has 0 saturated carbocycles. The van der Waals surface area contributed by atoms with Gasteiger partial charge < -0.3 is 10.7 Å². The minimum absolute atomic E-state index is 0.0151. The normalized spacial score (nSPS) is 22.5. The van der Waals surface area contributed by atoms with Crippen LogP contribution < -0.4 is 11.2 Å². The van der Waals surface area contributed by atoms with E-state index >= 15 is 0 Å². The molecule has 1 heterocycles. The Balaban J connectivity index is 1.86. The van der Waals surface area contributed by atoms with Crippen LogP contribution >= 0.6 is 0 Å². The van der Waals surface area contributed by atoms with Gasteiger partial charge in [0.2, 0.25) is 5.91 Å². The number of nitrogens with two attached hydrogens (primary N) is 1. The number of fused-ring (bicyclic) bond motifs is 1. The summed E-state index contributed by atoms with van der Waals surface area (Å²) >= 11 is 0. The lowest BCUT2D eigenvalue weighted by molar-refractivity contribution is -0.127. The van der Waals surface area contributed by atoms with Crippen LogP contribution in [0.1, 0.15) is 58.8 Å². The lowest BCUT2D eigenvalue weighted by Crippen LogP contribution is -2.39. The molecule has 34 heavy (non-hydrogen) atoms. The monoisotopic (exact) mass is 466 g/mol. The number of hydrogen-bond donors (Lipinski definition) is 2. The Bertz CT molecular complexity index is 983. The van der Waals surface area contributed by atoms with Crippen LogP contribution in [0.15, 0.2) is 73.8 Å². The summed E-state index contributed by atoms with van der Waals surface area (Å²) in [5.74, 6) is 4.78. The molecule has 2 aliphatic carbocycles. The predicted molar refractivity (Wildman–Crippen MR) is 131 cm³/mol. The quantitative estimate of drug-likeness (QED) is 0.228. The summed E-state index contributed by atoms with van der Waals surface area (Å²) in [5.41, 5.74) is 5.08. The molecule has 2 unspecified atom stereocenters. The Labute approximate surface area is 200 Å². The number of carbonyl (C=O) groups excluding carboxylic acids is 2. The highest BCUT2D eigenvalue weighted by Gasteiger charge is 2.30. The van der Waals surface area contributed by atoms with Gasteiger partial charge in [0.25, 0.3) is 5.91 Å². The van der Waals surface area contributed by atoms with Crippen LogP contribution in [-0.4, -0.2) is 42.0 Å². The maximum Gasteiger partial charge on any atom is 0.290 e. The molecule has 3 N–H and O–H groups in total. The zero-order valence-corrected chi connectivity index (χ0v) is 20.0. The fourth-order valence-electron chi connectivity index (χ4n) is 4.70. The van der Waals surface area contributed by atoms with Crippen LogP contribution in [-0.2, 0) is 9.59 Å². The topological polar surface area (TPSA) is 130 Å². The first-order valence-electron chi connectivity index (χ1n) is 12.0. The van der Waals surface area contributed by atoms with Crippen molar-refractivity contribution in [3.8, 4) is 0 Å². The molecule has 0 bridgehead atoms. The minimum atomic E-state index is -0.635. The maximum atomic E-state index is 13.3. The first-order valence-corrected chi connectivity index (χ1v) is 12.0. The van der Waals surface area contributed by atoms with Gasteiger partial charge in [-0.1, -0.05) is 48.9 Å². The molecule has 182 valence electrons. The van der Waals surface area contributed by atoms with Gasteiger partial charge in [-0.05, 0) is 54.9 Å². The average Bonchev–Trinajstić information content (AvgIpc) is 3.02. The third-order valence-electron chi connectivity index (χ3n) is 6.33. The SMILES string of the molecule is CCCN(CCC)C(=O)C1=CC2=CC=C(C3=CC=C(CC(=O)N=O)CC3)CC2NC(N=NN)C1. The molecule has 2 amide bonds. The van der Waals surface area contributed by atoms with Crippen molar-refractivity contribution in [2.24, 2.45) is 21.4 Å². The van der Waals surface area contributed by atoms with Gasteiger partial charge in [-0.15, -0.1) is 4.91 Å². The fourth-order valence-corrected chi connectivity index (χ4v) is 4.70. The van der Waals surface area contributed by atoms with E-state index in [4.69, 9.17) is 5.84 Å². The van der Waals surface area contributed by atoms with Gasteiger partial charge in [0.05, 0.1) is 6.42 Å². The Morgan fingerprint density at radius 3 is 2.41 bits per heavy atom. The summed E-state index contributed by atoms with van der Waals surface area (Å²) in [5, 5.41) is 13.6. The van der Waals surface area contributed by atoms with Crippen molar-refractivity contribution in [2.75, 3.05) is 13.1 Å².